The Labute approximate surface area is 192 Å². The molecule has 0 aliphatic heterocycles. The Balaban J connectivity index is 1.47. The largest absolute Gasteiger partial charge is 0.463 e. The lowest BCUT2D eigenvalue weighted by atomic mass is 9.44. The number of carbonyl (C=O) groups is 2. The third kappa shape index (κ3) is 3.99. The van der Waals surface area contributed by atoms with Gasteiger partial charge in [-0.2, -0.15) is 5.10 Å². The van der Waals surface area contributed by atoms with Crippen molar-refractivity contribution < 1.29 is 19.1 Å². The summed E-state index contributed by atoms with van der Waals surface area (Å²) < 4.78 is 10.5. The summed E-state index contributed by atoms with van der Waals surface area (Å²) in [7, 11) is 0. The van der Waals surface area contributed by atoms with E-state index in [1.807, 2.05) is 6.92 Å². The summed E-state index contributed by atoms with van der Waals surface area (Å²) in [5.74, 6) is 2.66. The number of hydrogen-bond acceptors (Lipinski definition) is 5. The Morgan fingerprint density at radius 1 is 1.12 bits per heavy atom. The van der Waals surface area contributed by atoms with Crippen molar-refractivity contribution in [3.8, 4) is 0 Å². The van der Waals surface area contributed by atoms with E-state index in [4.69, 9.17) is 9.47 Å². The van der Waals surface area contributed by atoms with Crippen LogP contribution in [0.4, 0.5) is 4.79 Å². The number of nitrogens with zero attached hydrogens (tertiary/aromatic N) is 1. The number of amides is 1. The second-order valence-corrected chi connectivity index (χ2v) is 11.0. The van der Waals surface area contributed by atoms with Gasteiger partial charge in [0.15, 0.2) is 0 Å². The summed E-state index contributed by atoms with van der Waals surface area (Å²) in [6.07, 6.45) is 11.3. The van der Waals surface area contributed by atoms with Crippen LogP contribution < -0.4 is 5.43 Å². The molecule has 0 bridgehead atoms. The van der Waals surface area contributed by atoms with Crippen molar-refractivity contribution in [1.82, 2.24) is 5.43 Å². The lowest BCUT2D eigenvalue weighted by Gasteiger charge is -2.60. The van der Waals surface area contributed by atoms with Crippen molar-refractivity contribution >= 4 is 17.8 Å². The molecular formula is C26H40N2O4. The average molecular weight is 445 g/mol. The van der Waals surface area contributed by atoms with E-state index >= 15 is 0 Å². The molecule has 0 aromatic rings. The summed E-state index contributed by atoms with van der Waals surface area (Å²) in [4.78, 5) is 23.2. The molecule has 0 unspecified atom stereocenters. The molecule has 4 aliphatic rings. The predicted octanol–water partition coefficient (Wildman–Crippen LogP) is 5.62. The molecule has 0 saturated heterocycles. The van der Waals surface area contributed by atoms with Crippen molar-refractivity contribution in [1.29, 1.82) is 0 Å². The number of ether oxygens (including phenoxy) is 2. The number of hydrazone groups is 1. The molecule has 7 atom stereocenters. The number of allylic oxidation sites excluding steroid dienone is 2. The van der Waals surface area contributed by atoms with Crippen molar-refractivity contribution in [2.75, 3.05) is 6.61 Å². The zero-order valence-electron chi connectivity index (χ0n) is 20.4. The summed E-state index contributed by atoms with van der Waals surface area (Å²) in [5.41, 5.74) is 5.24. The van der Waals surface area contributed by atoms with Gasteiger partial charge in [-0.3, -0.25) is 4.79 Å². The van der Waals surface area contributed by atoms with Crippen molar-refractivity contribution in [2.24, 2.45) is 39.6 Å². The Kier molecular flexibility index (Phi) is 6.43. The van der Waals surface area contributed by atoms with Crippen LogP contribution in [-0.2, 0) is 14.3 Å². The molecule has 178 valence electrons. The third-order valence-electron chi connectivity index (χ3n) is 9.51. The fourth-order valence-electron chi connectivity index (χ4n) is 8.04. The van der Waals surface area contributed by atoms with Crippen molar-refractivity contribution in [3.05, 3.63) is 11.6 Å². The van der Waals surface area contributed by atoms with E-state index in [9.17, 15) is 9.59 Å². The number of nitrogens with one attached hydrogen (secondary N) is 1. The minimum absolute atomic E-state index is 0.112. The van der Waals surface area contributed by atoms with Crippen LogP contribution in [0.3, 0.4) is 0 Å². The van der Waals surface area contributed by atoms with Crippen LogP contribution in [-0.4, -0.2) is 30.5 Å². The minimum atomic E-state index is -0.494. The van der Waals surface area contributed by atoms with E-state index in [0.29, 0.717) is 23.9 Å². The summed E-state index contributed by atoms with van der Waals surface area (Å²) in [6.45, 7) is 10.6. The normalized spacial score (nSPS) is 41.0. The highest BCUT2D eigenvalue weighted by molar-refractivity contribution is 6.00. The summed E-state index contributed by atoms with van der Waals surface area (Å²) in [6, 6.07) is 0. The molecule has 0 aromatic heterocycles. The number of hydrogen-bond donors (Lipinski definition) is 1. The SMILES string of the molecule is CCOC(=O)N/N=C(\C)C1=CC[C@H]2[C@@H]3CC[C@H]4C[C@@H](OC(C)=O)CC[C@]4(C)[C@H]3CC[C@]12C. The molecular weight excluding hydrogens is 404 g/mol. The van der Waals surface area contributed by atoms with Gasteiger partial charge in [-0.25, -0.2) is 10.2 Å². The molecule has 32 heavy (non-hydrogen) atoms. The Hall–Kier alpha value is -1.85. The second-order valence-electron chi connectivity index (χ2n) is 11.0. The molecule has 4 rings (SSSR count). The molecule has 0 aromatic carbocycles. The van der Waals surface area contributed by atoms with Gasteiger partial charge in [0.1, 0.15) is 6.10 Å². The highest BCUT2D eigenvalue weighted by Gasteiger charge is 2.59. The number of esters is 1. The van der Waals surface area contributed by atoms with Crippen LogP contribution >= 0.6 is 0 Å². The molecule has 4 aliphatic carbocycles. The fourth-order valence-corrected chi connectivity index (χ4v) is 8.04. The smallest absolute Gasteiger partial charge is 0.427 e. The van der Waals surface area contributed by atoms with Gasteiger partial charge in [0.25, 0.3) is 0 Å². The van der Waals surface area contributed by atoms with Crippen LogP contribution in [0.2, 0.25) is 0 Å². The number of carbonyl (C=O) groups excluding carboxylic acids is 2. The maximum Gasteiger partial charge on any atom is 0.427 e. The van der Waals surface area contributed by atoms with Crippen LogP contribution in [0, 0.1) is 34.5 Å². The zero-order chi connectivity index (χ0) is 23.1. The topological polar surface area (TPSA) is 77.0 Å². The van der Waals surface area contributed by atoms with Crippen molar-refractivity contribution in [2.45, 2.75) is 92.1 Å². The van der Waals surface area contributed by atoms with Gasteiger partial charge in [-0.05, 0) is 105 Å². The first-order valence-corrected chi connectivity index (χ1v) is 12.5. The lowest BCUT2D eigenvalue weighted by molar-refractivity contribution is -0.158. The van der Waals surface area contributed by atoms with Gasteiger partial charge in [0.05, 0.1) is 12.3 Å². The van der Waals surface area contributed by atoms with E-state index in [1.54, 1.807) is 6.92 Å². The van der Waals surface area contributed by atoms with Gasteiger partial charge < -0.3 is 9.47 Å². The molecule has 6 heteroatoms. The summed E-state index contributed by atoms with van der Waals surface area (Å²) >= 11 is 0. The molecule has 0 heterocycles. The predicted molar refractivity (Wildman–Crippen MR) is 124 cm³/mol. The van der Waals surface area contributed by atoms with Gasteiger partial charge in [0.2, 0.25) is 0 Å². The maximum atomic E-state index is 11.7. The highest BCUT2D eigenvalue weighted by Crippen LogP contribution is 2.66. The monoisotopic (exact) mass is 444 g/mol. The van der Waals surface area contributed by atoms with Gasteiger partial charge in [-0.1, -0.05) is 19.9 Å². The van der Waals surface area contributed by atoms with E-state index in [0.717, 1.165) is 36.8 Å². The van der Waals surface area contributed by atoms with Gasteiger partial charge >= 0.3 is 12.1 Å². The quantitative estimate of drug-likeness (QED) is 0.347. The zero-order valence-corrected chi connectivity index (χ0v) is 20.4. The minimum Gasteiger partial charge on any atom is -0.463 e. The van der Waals surface area contributed by atoms with Gasteiger partial charge in [-0.15, -0.1) is 0 Å². The van der Waals surface area contributed by atoms with Crippen LogP contribution in [0.25, 0.3) is 0 Å². The molecule has 1 N–H and O–H groups in total. The van der Waals surface area contributed by atoms with E-state index in [1.165, 1.54) is 44.6 Å². The third-order valence-corrected chi connectivity index (χ3v) is 9.51. The maximum absolute atomic E-state index is 11.7. The molecule has 0 spiro atoms. The lowest BCUT2D eigenvalue weighted by Crippen LogP contribution is -2.54. The standard InChI is InChI=1S/C26H40N2O4/c1-6-31-24(30)28-27-16(2)21-9-10-22-20-8-7-18-15-19(32-17(3)29)11-13-25(18,4)23(20)12-14-26(21,22)5/h9,18-20,22-23H,6-8,10-15H2,1-5H3,(H,28,30)/b27-16+/t18-,19-,20-,22-,23-,25-,26+/m0/s1. The molecule has 3 fully saturated rings. The second kappa shape index (κ2) is 8.83. The Morgan fingerprint density at radius 2 is 1.91 bits per heavy atom. The Morgan fingerprint density at radius 3 is 2.62 bits per heavy atom. The average Bonchev–Trinajstić information content (AvgIpc) is 3.09. The van der Waals surface area contributed by atoms with Gasteiger partial charge in [0, 0.05) is 6.92 Å². The fraction of sp³-hybridized carbons (Fsp3) is 0.808. The molecule has 1 amide bonds. The first kappa shape index (κ1) is 23.3. The highest BCUT2D eigenvalue weighted by atomic mass is 16.6. The number of rotatable bonds is 4. The first-order valence-electron chi connectivity index (χ1n) is 12.5. The summed E-state index contributed by atoms with van der Waals surface area (Å²) in [5, 5.41) is 4.36. The van der Waals surface area contributed by atoms with Crippen LogP contribution in [0.1, 0.15) is 86.0 Å². The Bertz CT molecular complexity index is 821. The van der Waals surface area contributed by atoms with E-state index in [2.05, 4.69) is 30.5 Å². The first-order chi connectivity index (χ1) is 15.2. The van der Waals surface area contributed by atoms with Crippen LogP contribution in [0.15, 0.2) is 16.8 Å². The van der Waals surface area contributed by atoms with E-state index in [-0.39, 0.29) is 17.5 Å². The van der Waals surface area contributed by atoms with Crippen molar-refractivity contribution in [3.63, 3.8) is 0 Å². The van der Waals surface area contributed by atoms with Crippen LogP contribution in [0.5, 0.6) is 0 Å². The molecule has 6 nitrogen and oxygen atoms in total. The molecule has 0 radical (unpaired) electrons. The number of fused-ring (bicyclic) bond motifs is 5. The van der Waals surface area contributed by atoms with E-state index < -0.39 is 6.09 Å². The molecule has 3 saturated carbocycles.